The molecule has 8 heteroatoms. The minimum atomic E-state index is -5.03. The lowest BCUT2D eigenvalue weighted by Gasteiger charge is -2.12. The van der Waals surface area contributed by atoms with Gasteiger partial charge in [-0.2, -0.15) is 13.2 Å². The van der Waals surface area contributed by atoms with Gasteiger partial charge in [0.05, 0.1) is 5.69 Å². The molecule has 1 aromatic heterocycles. The lowest BCUT2D eigenvalue weighted by Crippen LogP contribution is -2.16. The summed E-state index contributed by atoms with van der Waals surface area (Å²) in [7, 11) is 0. The minimum absolute atomic E-state index is 0.114. The lowest BCUT2D eigenvalue weighted by molar-refractivity contribution is -0.143. The van der Waals surface area contributed by atoms with Crippen LogP contribution in [0.2, 0.25) is 0 Å². The molecule has 0 amide bonds. The normalized spacial score (nSPS) is 12.2. The molecule has 0 unspecified atom stereocenters. The summed E-state index contributed by atoms with van der Waals surface area (Å²) in [6, 6.07) is 0.114. The maximum Gasteiger partial charge on any atom is 0.436 e. The van der Waals surface area contributed by atoms with E-state index in [1.807, 2.05) is 0 Å². The van der Waals surface area contributed by atoms with E-state index in [1.54, 1.807) is 0 Å². The van der Waals surface area contributed by atoms with Gasteiger partial charge < -0.3 is 5.73 Å². The number of alkyl halides is 5. The molecule has 0 aliphatic heterocycles. The Kier molecular flexibility index (Phi) is 3.41. The zero-order chi connectivity index (χ0) is 12.5. The number of nitrogens with zero attached hydrogens (tertiary/aromatic N) is 1. The molecule has 0 bridgehead atoms. The second-order valence-electron chi connectivity index (χ2n) is 2.86. The van der Waals surface area contributed by atoms with E-state index in [1.165, 1.54) is 0 Å². The van der Waals surface area contributed by atoms with Crippen molar-refractivity contribution in [3.63, 3.8) is 0 Å². The summed E-state index contributed by atoms with van der Waals surface area (Å²) in [4.78, 5) is 2.78. The number of rotatable bonds is 2. The topological polar surface area (TPSA) is 38.9 Å². The number of aromatic nitrogens is 1. The first-order chi connectivity index (χ1) is 7.27. The largest absolute Gasteiger partial charge is 0.436 e. The Morgan fingerprint density at radius 2 is 1.88 bits per heavy atom. The van der Waals surface area contributed by atoms with Crippen molar-refractivity contribution in [3.8, 4) is 0 Å². The van der Waals surface area contributed by atoms with Gasteiger partial charge in [-0.1, -0.05) is 0 Å². The van der Waals surface area contributed by atoms with Gasteiger partial charge in [0.25, 0.3) is 6.43 Å². The van der Waals surface area contributed by atoms with Gasteiger partial charge in [-0.25, -0.2) is 18.2 Å². The highest BCUT2D eigenvalue weighted by atomic mass is 19.4. The van der Waals surface area contributed by atoms with Gasteiger partial charge in [-0.15, -0.1) is 0 Å². The summed E-state index contributed by atoms with van der Waals surface area (Å²) in [6.07, 6.45) is -8.16. The summed E-state index contributed by atoms with van der Waals surface area (Å²) in [5.74, 6) is -1.83. The average molecular weight is 244 g/mol. The van der Waals surface area contributed by atoms with Crippen LogP contribution in [0, 0.1) is 5.82 Å². The maximum absolute atomic E-state index is 12.9. The molecule has 1 rings (SSSR count). The summed E-state index contributed by atoms with van der Waals surface area (Å²) in [5.41, 5.74) is 1.54. The quantitative estimate of drug-likeness (QED) is 0.812. The van der Waals surface area contributed by atoms with Crippen molar-refractivity contribution in [3.05, 3.63) is 28.8 Å². The van der Waals surface area contributed by atoms with E-state index < -0.39 is 41.9 Å². The zero-order valence-corrected chi connectivity index (χ0v) is 7.65. The molecule has 2 N–H and O–H groups in total. The molecule has 0 aliphatic carbocycles. The molecule has 0 saturated heterocycles. The predicted octanol–water partition coefficient (Wildman–Crippen LogP) is 2.64. The van der Waals surface area contributed by atoms with Crippen molar-refractivity contribution < 1.29 is 26.3 Å². The third kappa shape index (κ3) is 2.43. The molecule has 0 atom stereocenters. The molecule has 90 valence electrons. The van der Waals surface area contributed by atoms with Crippen molar-refractivity contribution in [2.45, 2.75) is 19.1 Å². The summed E-state index contributed by atoms with van der Waals surface area (Å²) >= 11 is 0. The van der Waals surface area contributed by atoms with Gasteiger partial charge in [-0.05, 0) is 6.07 Å². The Morgan fingerprint density at radius 3 is 2.25 bits per heavy atom. The highest BCUT2D eigenvalue weighted by Gasteiger charge is 2.37. The molecule has 0 fully saturated rings. The van der Waals surface area contributed by atoms with Crippen LogP contribution in [0.4, 0.5) is 26.3 Å². The van der Waals surface area contributed by atoms with Crippen LogP contribution in [0.5, 0.6) is 0 Å². The van der Waals surface area contributed by atoms with Crippen LogP contribution < -0.4 is 5.73 Å². The molecule has 16 heavy (non-hydrogen) atoms. The van der Waals surface area contributed by atoms with Crippen molar-refractivity contribution in [2.75, 3.05) is 0 Å². The van der Waals surface area contributed by atoms with Gasteiger partial charge >= 0.3 is 6.18 Å². The van der Waals surface area contributed by atoms with Gasteiger partial charge in [0.15, 0.2) is 11.5 Å². The first kappa shape index (κ1) is 12.8. The fourth-order valence-electron chi connectivity index (χ4n) is 1.09. The lowest BCUT2D eigenvalue weighted by atomic mass is 10.1. The molecule has 1 aromatic rings. The van der Waals surface area contributed by atoms with Gasteiger partial charge in [-0.3, -0.25) is 0 Å². The number of pyridine rings is 1. The van der Waals surface area contributed by atoms with E-state index in [-0.39, 0.29) is 6.07 Å². The minimum Gasteiger partial charge on any atom is -0.325 e. The van der Waals surface area contributed by atoms with E-state index in [9.17, 15) is 26.3 Å². The Morgan fingerprint density at radius 1 is 1.31 bits per heavy atom. The zero-order valence-electron chi connectivity index (χ0n) is 7.65. The first-order valence-corrected chi connectivity index (χ1v) is 4.02. The number of halogens is 6. The van der Waals surface area contributed by atoms with Gasteiger partial charge in [0, 0.05) is 12.1 Å². The second kappa shape index (κ2) is 4.28. The average Bonchev–Trinajstić information content (AvgIpc) is 2.15. The van der Waals surface area contributed by atoms with Crippen LogP contribution in [0.3, 0.4) is 0 Å². The first-order valence-electron chi connectivity index (χ1n) is 4.02. The van der Waals surface area contributed by atoms with Crippen molar-refractivity contribution in [1.82, 2.24) is 4.98 Å². The standard InChI is InChI=1S/C8H6F6N2/c9-4-1-3(7(10)11)5(2-15)16-6(4)8(12,13)14/h1,7H,2,15H2. The van der Waals surface area contributed by atoms with E-state index in [2.05, 4.69) is 4.98 Å². The highest BCUT2D eigenvalue weighted by Crippen LogP contribution is 2.32. The van der Waals surface area contributed by atoms with Crippen LogP contribution in [0.25, 0.3) is 0 Å². The molecule has 2 nitrogen and oxygen atoms in total. The third-order valence-electron chi connectivity index (χ3n) is 1.79. The van der Waals surface area contributed by atoms with Crippen LogP contribution in [-0.4, -0.2) is 4.98 Å². The van der Waals surface area contributed by atoms with Crippen molar-refractivity contribution >= 4 is 0 Å². The molecule has 0 radical (unpaired) electrons. The Bertz CT molecular complexity index is 387. The molecular weight excluding hydrogens is 238 g/mol. The Labute approximate surface area is 86.1 Å². The monoisotopic (exact) mass is 244 g/mol. The summed E-state index contributed by atoms with van der Waals surface area (Å²) < 4.78 is 73.9. The predicted molar refractivity (Wildman–Crippen MR) is 42.0 cm³/mol. The highest BCUT2D eigenvalue weighted by molar-refractivity contribution is 5.26. The van der Waals surface area contributed by atoms with Crippen LogP contribution >= 0.6 is 0 Å². The third-order valence-corrected chi connectivity index (χ3v) is 1.79. The fourth-order valence-corrected chi connectivity index (χ4v) is 1.09. The van der Waals surface area contributed by atoms with Crippen LogP contribution in [-0.2, 0) is 12.7 Å². The fraction of sp³-hybridized carbons (Fsp3) is 0.375. The number of hydrogen-bond donors (Lipinski definition) is 1. The second-order valence-corrected chi connectivity index (χ2v) is 2.86. The molecule has 1 heterocycles. The Hall–Kier alpha value is -1.31. The SMILES string of the molecule is NCc1nc(C(F)(F)F)c(F)cc1C(F)F. The maximum atomic E-state index is 12.9. The van der Waals surface area contributed by atoms with Crippen molar-refractivity contribution in [1.29, 1.82) is 0 Å². The van der Waals surface area contributed by atoms with Crippen LogP contribution in [0.15, 0.2) is 6.07 Å². The Balaban J connectivity index is 3.37. The van der Waals surface area contributed by atoms with E-state index >= 15 is 0 Å². The summed E-state index contributed by atoms with van der Waals surface area (Å²) in [5, 5.41) is 0. The summed E-state index contributed by atoms with van der Waals surface area (Å²) in [6.45, 7) is -0.622. The van der Waals surface area contributed by atoms with Gasteiger partial charge in [0.1, 0.15) is 0 Å². The van der Waals surface area contributed by atoms with Crippen LogP contribution in [0.1, 0.15) is 23.4 Å². The van der Waals surface area contributed by atoms with Crippen molar-refractivity contribution in [2.24, 2.45) is 5.73 Å². The molecule has 0 aromatic carbocycles. The molecular formula is C8H6F6N2. The smallest absolute Gasteiger partial charge is 0.325 e. The van der Waals surface area contributed by atoms with E-state index in [0.717, 1.165) is 0 Å². The number of nitrogens with two attached hydrogens (primary N) is 1. The molecule has 0 spiro atoms. The van der Waals surface area contributed by atoms with E-state index in [4.69, 9.17) is 5.73 Å². The number of hydrogen-bond acceptors (Lipinski definition) is 2. The molecule has 0 saturated carbocycles. The van der Waals surface area contributed by atoms with Gasteiger partial charge in [0.2, 0.25) is 0 Å². The van der Waals surface area contributed by atoms with E-state index in [0.29, 0.717) is 0 Å². The molecule has 0 aliphatic rings.